The van der Waals surface area contributed by atoms with Crippen molar-refractivity contribution in [3.8, 4) is 0 Å². The number of anilines is 1. The van der Waals surface area contributed by atoms with Crippen molar-refractivity contribution in [2.75, 3.05) is 5.32 Å². The number of halogens is 2. The molecule has 0 bridgehead atoms. The van der Waals surface area contributed by atoms with Crippen LogP contribution in [0.5, 0.6) is 0 Å². The molecule has 0 saturated heterocycles. The van der Waals surface area contributed by atoms with Gasteiger partial charge in [-0.2, -0.15) is 0 Å². The fourth-order valence-corrected chi connectivity index (χ4v) is 3.24. The fourth-order valence-electron chi connectivity index (χ4n) is 3.05. The molecule has 6 heteroatoms. The minimum atomic E-state index is -0.545. The van der Waals surface area contributed by atoms with Gasteiger partial charge in [0.25, 0.3) is 5.91 Å². The van der Waals surface area contributed by atoms with Crippen molar-refractivity contribution in [3.63, 3.8) is 0 Å². The summed E-state index contributed by atoms with van der Waals surface area (Å²) in [6, 6.07) is 6.46. The molecule has 0 saturated carbocycles. The van der Waals surface area contributed by atoms with Gasteiger partial charge in [-0.1, -0.05) is 31.5 Å². The molecule has 0 aliphatic carbocycles. The van der Waals surface area contributed by atoms with Gasteiger partial charge in [0.1, 0.15) is 11.5 Å². The minimum absolute atomic E-state index is 0.0168. The predicted octanol–water partition coefficient (Wildman–Crippen LogP) is 3.81. The zero-order valence-electron chi connectivity index (χ0n) is 12.9. The number of nitrogens with two attached hydrogens (primary N) is 1. The number of carbonyl (C=O) groups excluding carboxylic acids is 1. The van der Waals surface area contributed by atoms with E-state index in [0.29, 0.717) is 0 Å². The summed E-state index contributed by atoms with van der Waals surface area (Å²) in [7, 11) is 0. The molecule has 1 aromatic heterocycles. The quantitative estimate of drug-likeness (QED) is 0.878. The maximum Gasteiger partial charge on any atom is 0.267 e. The van der Waals surface area contributed by atoms with Crippen LogP contribution >= 0.6 is 11.6 Å². The zero-order chi connectivity index (χ0) is 16.8. The van der Waals surface area contributed by atoms with Crippen molar-refractivity contribution in [2.24, 2.45) is 5.73 Å². The Morgan fingerprint density at radius 2 is 2.17 bits per heavy atom. The predicted molar refractivity (Wildman–Crippen MR) is 88.2 cm³/mol. The van der Waals surface area contributed by atoms with Crippen molar-refractivity contribution < 1.29 is 9.18 Å². The molecule has 1 amide bonds. The van der Waals surface area contributed by atoms with Crippen molar-refractivity contribution in [1.82, 2.24) is 4.98 Å². The second-order valence-electron chi connectivity index (χ2n) is 6.44. The Morgan fingerprint density at radius 3 is 2.83 bits per heavy atom. The topological polar surface area (TPSA) is 68.0 Å². The van der Waals surface area contributed by atoms with E-state index in [1.165, 1.54) is 6.07 Å². The third-order valence-electron chi connectivity index (χ3n) is 4.28. The van der Waals surface area contributed by atoms with Gasteiger partial charge in [0, 0.05) is 0 Å². The third-order valence-corrected chi connectivity index (χ3v) is 4.57. The molecule has 1 aromatic carbocycles. The summed E-state index contributed by atoms with van der Waals surface area (Å²) in [5.41, 5.74) is 8.12. The molecule has 1 unspecified atom stereocenters. The van der Waals surface area contributed by atoms with Crippen LogP contribution in [0.25, 0.3) is 0 Å². The average molecular weight is 334 g/mol. The maximum atomic E-state index is 13.4. The highest BCUT2D eigenvalue weighted by Crippen LogP contribution is 2.44. The minimum Gasteiger partial charge on any atom is -0.377 e. The van der Waals surface area contributed by atoms with Gasteiger partial charge in [-0.3, -0.25) is 4.79 Å². The molecule has 120 valence electrons. The van der Waals surface area contributed by atoms with Gasteiger partial charge in [0.05, 0.1) is 22.9 Å². The van der Waals surface area contributed by atoms with E-state index >= 15 is 0 Å². The zero-order valence-corrected chi connectivity index (χ0v) is 13.6. The average Bonchev–Trinajstić information content (AvgIpc) is 2.49. The van der Waals surface area contributed by atoms with E-state index in [4.69, 9.17) is 17.3 Å². The van der Waals surface area contributed by atoms with Crippen LogP contribution in [0.2, 0.25) is 5.02 Å². The lowest BCUT2D eigenvalue weighted by molar-refractivity contribution is 0.0995. The second kappa shape index (κ2) is 5.49. The molecule has 2 aromatic rings. The van der Waals surface area contributed by atoms with Crippen LogP contribution in [0.3, 0.4) is 0 Å². The lowest BCUT2D eigenvalue weighted by Crippen LogP contribution is -2.32. The summed E-state index contributed by atoms with van der Waals surface area (Å²) >= 11 is 5.89. The first-order valence-corrected chi connectivity index (χ1v) is 7.67. The molecular weight excluding hydrogens is 317 g/mol. The number of hydrogen-bond donors (Lipinski definition) is 2. The summed E-state index contributed by atoms with van der Waals surface area (Å²) in [5.74, 6) is -0.977. The number of nitrogens with one attached hydrogen (secondary N) is 1. The molecule has 1 aliphatic heterocycles. The standard InChI is InChI=1S/C17H17ClFN3O/c1-17(2)7-14(9-3-4-12(19)11(18)5-9)22-15-8-21-13(16(20)23)6-10(15)17/h3-6,8,14,22H,7H2,1-2H3,(H2,20,23). The molecule has 23 heavy (non-hydrogen) atoms. The molecular formula is C17H17ClFN3O. The van der Waals surface area contributed by atoms with Crippen LogP contribution in [-0.4, -0.2) is 10.9 Å². The normalized spacial score (nSPS) is 18.9. The molecule has 0 spiro atoms. The number of hydrogen-bond acceptors (Lipinski definition) is 3. The van der Waals surface area contributed by atoms with Gasteiger partial charge in [0.2, 0.25) is 0 Å². The van der Waals surface area contributed by atoms with Gasteiger partial charge < -0.3 is 11.1 Å². The summed E-state index contributed by atoms with van der Waals surface area (Å²) in [6.07, 6.45) is 2.39. The third kappa shape index (κ3) is 2.88. The second-order valence-corrected chi connectivity index (χ2v) is 6.85. The van der Waals surface area contributed by atoms with E-state index in [-0.39, 0.29) is 22.2 Å². The molecule has 1 atom stereocenters. The fraction of sp³-hybridized carbons (Fsp3) is 0.294. The number of pyridine rings is 1. The van der Waals surface area contributed by atoms with E-state index in [1.54, 1.807) is 24.4 Å². The Labute approximate surface area is 138 Å². The van der Waals surface area contributed by atoms with Crippen LogP contribution in [0.4, 0.5) is 10.1 Å². The molecule has 4 nitrogen and oxygen atoms in total. The molecule has 2 heterocycles. The van der Waals surface area contributed by atoms with E-state index in [2.05, 4.69) is 24.1 Å². The lowest BCUT2D eigenvalue weighted by Gasteiger charge is -2.38. The van der Waals surface area contributed by atoms with Crippen molar-refractivity contribution in [3.05, 3.63) is 58.1 Å². The van der Waals surface area contributed by atoms with Gasteiger partial charge in [-0.25, -0.2) is 9.37 Å². The van der Waals surface area contributed by atoms with E-state index in [1.807, 2.05) is 0 Å². The smallest absolute Gasteiger partial charge is 0.267 e. The highest BCUT2D eigenvalue weighted by atomic mass is 35.5. The number of primary amides is 1. The van der Waals surface area contributed by atoms with Gasteiger partial charge in [-0.05, 0) is 41.2 Å². The highest BCUT2D eigenvalue weighted by Gasteiger charge is 2.34. The Morgan fingerprint density at radius 1 is 1.43 bits per heavy atom. The molecule has 0 fully saturated rings. The van der Waals surface area contributed by atoms with Crippen LogP contribution in [0, 0.1) is 5.82 Å². The van der Waals surface area contributed by atoms with Gasteiger partial charge in [0.15, 0.2) is 0 Å². The van der Waals surface area contributed by atoms with Gasteiger partial charge in [-0.15, -0.1) is 0 Å². The monoisotopic (exact) mass is 333 g/mol. The van der Waals surface area contributed by atoms with Crippen molar-refractivity contribution in [2.45, 2.75) is 31.7 Å². The highest BCUT2D eigenvalue weighted by molar-refractivity contribution is 6.30. The van der Waals surface area contributed by atoms with Crippen LogP contribution < -0.4 is 11.1 Å². The first kappa shape index (κ1) is 15.7. The van der Waals surface area contributed by atoms with Crippen LogP contribution in [0.1, 0.15) is 47.9 Å². The van der Waals surface area contributed by atoms with Crippen LogP contribution in [0.15, 0.2) is 30.5 Å². The number of aromatic nitrogens is 1. The van der Waals surface area contributed by atoms with Crippen LogP contribution in [-0.2, 0) is 5.41 Å². The largest absolute Gasteiger partial charge is 0.377 e. The van der Waals surface area contributed by atoms with E-state index < -0.39 is 11.7 Å². The van der Waals surface area contributed by atoms with Crippen molar-refractivity contribution >= 4 is 23.2 Å². The SMILES string of the molecule is CC1(C)CC(c2ccc(F)c(Cl)c2)Nc2cnc(C(N)=O)cc21. The molecule has 3 N–H and O–H groups in total. The Hall–Kier alpha value is -2.14. The Kier molecular flexibility index (Phi) is 3.76. The Bertz CT molecular complexity index is 791. The summed E-state index contributed by atoms with van der Waals surface area (Å²) in [4.78, 5) is 15.4. The van der Waals surface area contributed by atoms with Gasteiger partial charge >= 0.3 is 0 Å². The Balaban J connectivity index is 2.01. The number of rotatable bonds is 2. The summed E-state index contributed by atoms with van der Waals surface area (Å²) in [5, 5.41) is 3.49. The lowest BCUT2D eigenvalue weighted by atomic mass is 9.74. The summed E-state index contributed by atoms with van der Waals surface area (Å²) < 4.78 is 13.4. The maximum absolute atomic E-state index is 13.4. The van der Waals surface area contributed by atoms with E-state index in [0.717, 1.165) is 23.2 Å². The number of benzene rings is 1. The molecule has 1 aliphatic rings. The van der Waals surface area contributed by atoms with Crippen molar-refractivity contribution in [1.29, 1.82) is 0 Å². The number of amides is 1. The molecule has 3 rings (SSSR count). The number of fused-ring (bicyclic) bond motifs is 1. The number of carbonyl (C=O) groups is 1. The summed E-state index contributed by atoms with van der Waals surface area (Å²) in [6.45, 7) is 4.19. The molecule has 0 radical (unpaired) electrons. The number of nitrogens with zero attached hydrogens (tertiary/aromatic N) is 1. The first-order valence-electron chi connectivity index (χ1n) is 7.30. The first-order chi connectivity index (χ1) is 10.8. The van der Waals surface area contributed by atoms with E-state index in [9.17, 15) is 9.18 Å².